The molecule has 3 unspecified atom stereocenters. The van der Waals surface area contributed by atoms with Gasteiger partial charge in [-0.2, -0.15) is 0 Å². The first-order chi connectivity index (χ1) is 16.7. The highest BCUT2D eigenvalue weighted by atomic mass is 16.1. The number of hydrogen-bond donors (Lipinski definition) is 5. The van der Waals surface area contributed by atoms with Gasteiger partial charge in [-0.1, -0.05) is 12.1 Å². The number of fused-ring (bicyclic) bond motifs is 2. The Hall–Kier alpha value is -3.89. The summed E-state index contributed by atoms with van der Waals surface area (Å²) >= 11 is 0. The number of H-pyrrole nitrogens is 1. The van der Waals surface area contributed by atoms with E-state index in [2.05, 4.69) is 41.4 Å². The van der Waals surface area contributed by atoms with Crippen LogP contribution in [0.25, 0.3) is 22.3 Å². The van der Waals surface area contributed by atoms with Gasteiger partial charge < -0.3 is 15.6 Å². The van der Waals surface area contributed by atoms with Crippen molar-refractivity contribution in [1.29, 1.82) is 0 Å². The molecule has 2 fully saturated rings. The predicted octanol–water partition coefficient (Wildman–Crippen LogP) is 2.72. The molecule has 0 spiro atoms. The smallest absolute Gasteiger partial charge is 0.273 e. The molecule has 172 valence electrons. The largest absolute Gasteiger partial charge is 0.367 e. The number of benzene rings is 1. The van der Waals surface area contributed by atoms with Gasteiger partial charge in [-0.15, -0.1) is 0 Å². The third-order valence-electron chi connectivity index (χ3n) is 6.57. The molecule has 1 aliphatic carbocycles. The highest BCUT2D eigenvalue weighted by Gasteiger charge is 2.33. The molecule has 3 atom stereocenters. The molecule has 6 rings (SSSR count). The summed E-state index contributed by atoms with van der Waals surface area (Å²) in [5, 5.41) is 7.27. The van der Waals surface area contributed by atoms with Crippen LogP contribution in [0.15, 0.2) is 55.1 Å². The lowest BCUT2D eigenvalue weighted by atomic mass is 9.83. The van der Waals surface area contributed by atoms with E-state index < -0.39 is 0 Å². The van der Waals surface area contributed by atoms with Gasteiger partial charge in [0.1, 0.15) is 11.5 Å². The first-order valence-corrected chi connectivity index (χ1v) is 11.5. The molecule has 1 aromatic carbocycles. The Morgan fingerprint density at radius 2 is 2.00 bits per heavy atom. The first-order valence-electron chi connectivity index (χ1n) is 11.5. The van der Waals surface area contributed by atoms with Gasteiger partial charge in [-0.25, -0.2) is 15.0 Å². The Morgan fingerprint density at radius 1 is 1.03 bits per heavy atom. The lowest BCUT2D eigenvalue weighted by Gasteiger charge is -2.31. The standard InChI is InChI=1S/C24H25N9O/c34-24(32-22-13-25-7-8-26-22)20-10-14-1-2-15(11-19(14)30-20)23-27-6-5-21(31-23)29-17-3-4-18-16(9-17)12-28-33-18/h1-2,5-8,10-11,13,16-18,28,30,33H,3-4,9,12H2,(H,26,32,34)(H,27,29,31). The maximum absolute atomic E-state index is 12.6. The summed E-state index contributed by atoms with van der Waals surface area (Å²) in [6.45, 7) is 1.02. The summed E-state index contributed by atoms with van der Waals surface area (Å²) < 4.78 is 0. The van der Waals surface area contributed by atoms with E-state index in [1.165, 1.54) is 12.4 Å². The zero-order valence-electron chi connectivity index (χ0n) is 18.5. The monoisotopic (exact) mass is 455 g/mol. The number of aromatic amines is 1. The molecule has 4 heterocycles. The van der Waals surface area contributed by atoms with E-state index in [1.807, 2.05) is 30.3 Å². The van der Waals surface area contributed by atoms with Gasteiger partial charge in [-0.05, 0) is 43.4 Å². The van der Waals surface area contributed by atoms with Crippen LogP contribution in [0.2, 0.25) is 0 Å². The number of aromatic nitrogens is 5. The Labute approximate surface area is 196 Å². The third-order valence-corrected chi connectivity index (χ3v) is 6.57. The fraction of sp³-hybridized carbons (Fsp3) is 0.292. The SMILES string of the molecule is O=C(Nc1cnccn1)c1cc2ccc(-c3nccc(NC4CCC5NNCC5C4)n3)cc2[nH]1. The number of anilines is 2. The van der Waals surface area contributed by atoms with Crippen LogP contribution in [-0.4, -0.2) is 49.5 Å². The van der Waals surface area contributed by atoms with Crippen LogP contribution in [0.4, 0.5) is 11.6 Å². The van der Waals surface area contributed by atoms with E-state index in [1.54, 1.807) is 12.4 Å². The number of carbonyl (C=O) groups excluding carboxylic acids is 1. The van der Waals surface area contributed by atoms with Crippen molar-refractivity contribution in [2.24, 2.45) is 5.92 Å². The molecule has 34 heavy (non-hydrogen) atoms. The maximum Gasteiger partial charge on any atom is 0.273 e. The minimum atomic E-state index is -0.275. The molecule has 1 amide bonds. The summed E-state index contributed by atoms with van der Waals surface area (Å²) in [7, 11) is 0. The topological polar surface area (TPSA) is 133 Å². The molecule has 0 bridgehead atoms. The molecule has 1 saturated heterocycles. The number of amides is 1. The third kappa shape index (κ3) is 4.20. The molecule has 2 aliphatic rings. The maximum atomic E-state index is 12.6. The fourth-order valence-electron chi connectivity index (χ4n) is 4.85. The normalized spacial score (nSPS) is 21.8. The van der Waals surface area contributed by atoms with Crippen LogP contribution in [0.5, 0.6) is 0 Å². The number of carbonyl (C=O) groups is 1. The molecule has 1 aliphatic heterocycles. The van der Waals surface area contributed by atoms with Gasteiger partial charge in [0.15, 0.2) is 11.6 Å². The zero-order valence-corrected chi connectivity index (χ0v) is 18.5. The van der Waals surface area contributed by atoms with Gasteiger partial charge >= 0.3 is 0 Å². The van der Waals surface area contributed by atoms with Crippen molar-refractivity contribution in [2.45, 2.75) is 31.3 Å². The average Bonchev–Trinajstić information content (AvgIpc) is 3.51. The number of nitrogens with one attached hydrogen (secondary N) is 5. The first kappa shape index (κ1) is 20.7. The quantitative estimate of drug-likeness (QED) is 0.310. The number of hydrazine groups is 1. The summed E-state index contributed by atoms with van der Waals surface area (Å²) in [5.41, 5.74) is 8.81. The van der Waals surface area contributed by atoms with Crippen LogP contribution in [0.1, 0.15) is 29.8 Å². The van der Waals surface area contributed by atoms with Gasteiger partial charge in [0.2, 0.25) is 0 Å². The van der Waals surface area contributed by atoms with Gasteiger partial charge in [0, 0.05) is 53.7 Å². The van der Waals surface area contributed by atoms with Gasteiger partial charge in [0.25, 0.3) is 5.91 Å². The van der Waals surface area contributed by atoms with E-state index in [4.69, 9.17) is 4.98 Å². The minimum Gasteiger partial charge on any atom is -0.367 e. The van der Waals surface area contributed by atoms with Crippen molar-refractivity contribution in [3.8, 4) is 11.4 Å². The number of hydrogen-bond acceptors (Lipinski definition) is 8. The van der Waals surface area contributed by atoms with Crippen molar-refractivity contribution < 1.29 is 4.79 Å². The van der Waals surface area contributed by atoms with Crippen molar-refractivity contribution in [1.82, 2.24) is 35.8 Å². The second kappa shape index (κ2) is 8.81. The molecular formula is C24H25N9O. The van der Waals surface area contributed by atoms with Crippen LogP contribution >= 0.6 is 0 Å². The summed E-state index contributed by atoms with van der Waals surface area (Å²) in [5.74, 6) is 2.26. The summed E-state index contributed by atoms with van der Waals surface area (Å²) in [4.78, 5) is 33.1. The predicted molar refractivity (Wildman–Crippen MR) is 129 cm³/mol. The lowest BCUT2D eigenvalue weighted by molar-refractivity contribution is 0.102. The second-order valence-electron chi connectivity index (χ2n) is 8.84. The molecule has 0 radical (unpaired) electrons. The van der Waals surface area contributed by atoms with Crippen molar-refractivity contribution >= 4 is 28.4 Å². The van der Waals surface area contributed by atoms with Crippen LogP contribution in [0.3, 0.4) is 0 Å². The number of rotatable bonds is 5. The van der Waals surface area contributed by atoms with Crippen LogP contribution < -0.4 is 21.5 Å². The second-order valence-corrected chi connectivity index (χ2v) is 8.84. The molecule has 1 saturated carbocycles. The summed E-state index contributed by atoms with van der Waals surface area (Å²) in [6, 6.07) is 10.6. The highest BCUT2D eigenvalue weighted by Crippen LogP contribution is 2.29. The van der Waals surface area contributed by atoms with Crippen molar-refractivity contribution in [3.05, 3.63) is 60.8 Å². The van der Waals surface area contributed by atoms with Gasteiger partial charge in [0.05, 0.1) is 6.20 Å². The Balaban J connectivity index is 1.19. The molecule has 3 aromatic heterocycles. The highest BCUT2D eigenvalue weighted by molar-refractivity contribution is 6.05. The number of nitrogens with zero attached hydrogens (tertiary/aromatic N) is 4. The molecular weight excluding hydrogens is 430 g/mol. The molecule has 4 aromatic rings. The fourth-order valence-corrected chi connectivity index (χ4v) is 4.85. The van der Waals surface area contributed by atoms with Crippen molar-refractivity contribution in [3.63, 3.8) is 0 Å². The van der Waals surface area contributed by atoms with E-state index in [-0.39, 0.29) is 5.91 Å². The zero-order chi connectivity index (χ0) is 22.9. The molecule has 5 N–H and O–H groups in total. The molecule has 10 nitrogen and oxygen atoms in total. The Bertz CT molecular complexity index is 1320. The Morgan fingerprint density at radius 3 is 2.91 bits per heavy atom. The summed E-state index contributed by atoms with van der Waals surface area (Å²) in [6.07, 6.45) is 9.77. The average molecular weight is 456 g/mol. The van der Waals surface area contributed by atoms with E-state index >= 15 is 0 Å². The van der Waals surface area contributed by atoms with Crippen LogP contribution in [-0.2, 0) is 0 Å². The van der Waals surface area contributed by atoms with E-state index in [9.17, 15) is 4.79 Å². The minimum absolute atomic E-state index is 0.275. The van der Waals surface area contributed by atoms with E-state index in [0.29, 0.717) is 35.3 Å². The van der Waals surface area contributed by atoms with Crippen LogP contribution in [0, 0.1) is 5.92 Å². The lowest BCUT2D eigenvalue weighted by Crippen LogP contribution is -2.39. The van der Waals surface area contributed by atoms with Gasteiger partial charge in [-0.3, -0.25) is 20.6 Å². The van der Waals surface area contributed by atoms with Crippen molar-refractivity contribution in [2.75, 3.05) is 17.2 Å². The Kier molecular flexibility index (Phi) is 5.36. The van der Waals surface area contributed by atoms with E-state index in [0.717, 1.165) is 48.1 Å². The molecule has 10 heteroatoms.